The largest absolute Gasteiger partial charge is 0.383 e. The first-order chi connectivity index (χ1) is 15.6. The molecule has 0 saturated carbocycles. The van der Waals surface area contributed by atoms with Crippen LogP contribution in [0.3, 0.4) is 0 Å². The van der Waals surface area contributed by atoms with Gasteiger partial charge < -0.3 is 19.1 Å². The predicted octanol–water partition coefficient (Wildman–Crippen LogP) is 5.35. The molecule has 0 bridgehead atoms. The molecule has 32 heavy (non-hydrogen) atoms. The smallest absolute Gasteiger partial charge is 0.146 e. The third-order valence-corrected chi connectivity index (χ3v) is 6.54. The number of aryl methyl sites for hydroxylation is 1. The van der Waals surface area contributed by atoms with E-state index in [1.807, 2.05) is 24.4 Å². The van der Waals surface area contributed by atoms with Gasteiger partial charge in [-0.05, 0) is 36.2 Å². The third kappa shape index (κ3) is 7.08. The Labute approximate surface area is 202 Å². The van der Waals surface area contributed by atoms with Crippen LogP contribution in [0.1, 0.15) is 23.1 Å². The molecule has 0 radical (unpaired) electrons. The van der Waals surface area contributed by atoms with Crippen LogP contribution in [0.15, 0.2) is 47.1 Å². The minimum atomic E-state index is 0.491. The van der Waals surface area contributed by atoms with Crippen LogP contribution in [0, 0.1) is 0 Å². The van der Waals surface area contributed by atoms with Gasteiger partial charge in [0.1, 0.15) is 10.8 Å². The highest BCUT2D eigenvalue weighted by Gasteiger charge is 2.19. The number of pyridine rings is 1. The molecule has 0 N–H and O–H groups in total. The van der Waals surface area contributed by atoms with Gasteiger partial charge in [-0.2, -0.15) is 0 Å². The average molecular weight is 520 g/mol. The van der Waals surface area contributed by atoms with Crippen molar-refractivity contribution in [1.82, 2.24) is 9.97 Å². The van der Waals surface area contributed by atoms with Crippen LogP contribution < -0.4 is 4.90 Å². The van der Waals surface area contributed by atoms with Crippen LogP contribution in [-0.4, -0.2) is 50.5 Å². The number of thiazole rings is 1. The maximum atomic E-state index is 6.09. The molecule has 0 unspecified atom stereocenters. The fourth-order valence-electron chi connectivity index (χ4n) is 3.18. The van der Waals surface area contributed by atoms with Gasteiger partial charge >= 0.3 is 0 Å². The summed E-state index contributed by atoms with van der Waals surface area (Å²) < 4.78 is 17.8. The van der Waals surface area contributed by atoms with Crippen molar-refractivity contribution in [1.29, 1.82) is 0 Å². The summed E-state index contributed by atoms with van der Waals surface area (Å²) in [6.07, 6.45) is 2.75. The lowest BCUT2D eigenvalue weighted by Crippen LogP contribution is -2.31. The van der Waals surface area contributed by atoms with E-state index in [0.29, 0.717) is 26.4 Å². The molecular weight excluding hydrogens is 490 g/mol. The summed E-state index contributed by atoms with van der Waals surface area (Å²) in [5.74, 6) is 0.935. The topological polar surface area (TPSA) is 56.7 Å². The van der Waals surface area contributed by atoms with Gasteiger partial charge in [0.2, 0.25) is 0 Å². The Morgan fingerprint density at radius 3 is 2.38 bits per heavy atom. The van der Waals surface area contributed by atoms with E-state index in [4.69, 9.17) is 19.2 Å². The minimum Gasteiger partial charge on any atom is -0.383 e. The van der Waals surface area contributed by atoms with Crippen molar-refractivity contribution in [2.45, 2.75) is 26.6 Å². The molecule has 2 aromatic heterocycles. The van der Waals surface area contributed by atoms with Gasteiger partial charge in [-0.1, -0.05) is 35.0 Å². The van der Waals surface area contributed by atoms with Crippen molar-refractivity contribution in [3.8, 4) is 10.6 Å². The number of anilines is 1. The van der Waals surface area contributed by atoms with E-state index < -0.39 is 0 Å². The number of halogens is 1. The fourth-order valence-corrected chi connectivity index (χ4v) is 4.46. The van der Waals surface area contributed by atoms with E-state index in [1.54, 1.807) is 25.6 Å². The summed E-state index contributed by atoms with van der Waals surface area (Å²) in [6.45, 7) is 5.85. The Bertz CT molecular complexity index is 957. The van der Waals surface area contributed by atoms with Crippen molar-refractivity contribution in [3.05, 3.63) is 63.2 Å². The summed E-state index contributed by atoms with van der Waals surface area (Å²) in [5.41, 5.74) is 3.28. The summed E-state index contributed by atoms with van der Waals surface area (Å²) in [5, 5.41) is 0.971. The molecule has 3 aromatic rings. The van der Waals surface area contributed by atoms with E-state index >= 15 is 0 Å². The molecular formula is C24H30BrN3O3S. The van der Waals surface area contributed by atoms with Crippen LogP contribution in [-0.2, 0) is 33.8 Å². The lowest BCUT2D eigenvalue weighted by molar-refractivity contribution is 0.109. The van der Waals surface area contributed by atoms with Crippen molar-refractivity contribution in [3.63, 3.8) is 0 Å². The van der Waals surface area contributed by atoms with Crippen LogP contribution >= 0.6 is 27.3 Å². The van der Waals surface area contributed by atoms with Crippen molar-refractivity contribution >= 4 is 33.1 Å². The normalized spacial score (nSPS) is 11.1. The molecule has 0 atom stereocenters. The summed E-state index contributed by atoms with van der Waals surface area (Å²) in [6, 6.07) is 12.3. The Balaban J connectivity index is 1.85. The molecule has 0 fully saturated rings. The van der Waals surface area contributed by atoms with Crippen molar-refractivity contribution in [2.24, 2.45) is 0 Å². The van der Waals surface area contributed by atoms with Crippen LogP contribution in [0.4, 0.5) is 5.82 Å². The fraction of sp³-hybridized carbons (Fsp3) is 0.417. The molecule has 0 aliphatic heterocycles. The number of aromatic nitrogens is 2. The maximum Gasteiger partial charge on any atom is 0.146 e. The zero-order chi connectivity index (χ0) is 22.8. The highest BCUT2D eigenvalue weighted by atomic mass is 79.9. The van der Waals surface area contributed by atoms with Crippen LogP contribution in [0.25, 0.3) is 10.6 Å². The summed E-state index contributed by atoms with van der Waals surface area (Å²) >= 11 is 5.14. The molecule has 0 aliphatic rings. The number of methoxy groups -OCH3 is 2. The van der Waals surface area contributed by atoms with Crippen molar-refractivity contribution in [2.75, 3.05) is 45.4 Å². The second-order valence-corrected chi connectivity index (χ2v) is 9.25. The van der Waals surface area contributed by atoms with E-state index in [0.717, 1.165) is 56.5 Å². The average Bonchev–Trinajstić information content (AvgIpc) is 3.24. The van der Waals surface area contributed by atoms with Gasteiger partial charge in [0.05, 0.1) is 31.3 Å². The van der Waals surface area contributed by atoms with Gasteiger partial charge in [0.15, 0.2) is 0 Å². The van der Waals surface area contributed by atoms with Crippen molar-refractivity contribution < 1.29 is 14.2 Å². The number of nitrogens with zero attached hydrogens (tertiary/aromatic N) is 3. The molecule has 1 aromatic carbocycles. The number of rotatable bonds is 13. The monoisotopic (exact) mass is 519 g/mol. The first kappa shape index (κ1) is 24.8. The van der Waals surface area contributed by atoms with Crippen LogP contribution in [0.5, 0.6) is 0 Å². The Kier molecular flexibility index (Phi) is 10.1. The number of ether oxygens (including phenoxy) is 3. The third-order valence-electron chi connectivity index (χ3n) is 4.95. The summed E-state index contributed by atoms with van der Waals surface area (Å²) in [4.78, 5) is 12.8. The number of benzene rings is 1. The molecule has 2 heterocycles. The standard InChI is InChI=1S/C24H30BrN3O3S/c1-4-21-15-19(9-10-26-21)24-27-23(28(11-13-29-2)12-14-30-3)22(32-24)17-31-16-18-5-7-20(25)8-6-18/h5-10,15H,4,11-14,16-17H2,1-3H3. The number of hydrogen-bond donors (Lipinski definition) is 0. The molecule has 0 amide bonds. The Hall–Kier alpha value is -1.84. The predicted molar refractivity (Wildman–Crippen MR) is 133 cm³/mol. The molecule has 8 heteroatoms. The highest BCUT2D eigenvalue weighted by molar-refractivity contribution is 9.10. The first-order valence-electron chi connectivity index (χ1n) is 10.6. The summed E-state index contributed by atoms with van der Waals surface area (Å²) in [7, 11) is 3.43. The molecule has 0 spiro atoms. The maximum absolute atomic E-state index is 6.09. The van der Waals surface area contributed by atoms with E-state index in [9.17, 15) is 0 Å². The van der Waals surface area contributed by atoms with E-state index in [2.05, 4.69) is 50.9 Å². The minimum absolute atomic E-state index is 0.491. The van der Waals surface area contributed by atoms with Gasteiger partial charge in [-0.25, -0.2) is 4.98 Å². The Morgan fingerprint density at radius 1 is 1.00 bits per heavy atom. The molecule has 3 rings (SSSR count). The van der Waals surface area contributed by atoms with E-state index in [-0.39, 0.29) is 0 Å². The molecule has 0 saturated heterocycles. The quantitative estimate of drug-likeness (QED) is 0.303. The number of hydrogen-bond acceptors (Lipinski definition) is 7. The Morgan fingerprint density at radius 2 is 1.72 bits per heavy atom. The first-order valence-corrected chi connectivity index (χ1v) is 12.3. The van der Waals surface area contributed by atoms with Gasteiger partial charge in [-0.3, -0.25) is 4.98 Å². The van der Waals surface area contributed by atoms with Gasteiger partial charge in [-0.15, -0.1) is 11.3 Å². The zero-order valence-corrected chi connectivity index (χ0v) is 21.2. The SMILES string of the molecule is CCc1cc(-c2nc(N(CCOC)CCOC)c(COCc3ccc(Br)cc3)s2)ccn1. The van der Waals surface area contributed by atoms with E-state index in [1.165, 1.54) is 0 Å². The molecule has 0 aliphatic carbocycles. The zero-order valence-electron chi connectivity index (χ0n) is 18.8. The van der Waals surface area contributed by atoms with Gasteiger partial charge in [0.25, 0.3) is 0 Å². The lowest BCUT2D eigenvalue weighted by atomic mass is 10.2. The second-order valence-electron chi connectivity index (χ2n) is 7.25. The van der Waals surface area contributed by atoms with Crippen LogP contribution in [0.2, 0.25) is 0 Å². The highest BCUT2D eigenvalue weighted by Crippen LogP contribution is 2.34. The van der Waals surface area contributed by atoms with Gasteiger partial charge in [0, 0.05) is 49.2 Å². The molecule has 6 nitrogen and oxygen atoms in total. The molecule has 172 valence electrons. The second kappa shape index (κ2) is 13.0. The lowest BCUT2D eigenvalue weighted by Gasteiger charge is -2.23.